The van der Waals surface area contributed by atoms with Gasteiger partial charge in [0.05, 0.1) is 33.5 Å². The smallest absolute Gasteiger partial charge is 0.361 e. The number of aliphatic hydroxyl groups is 4. The minimum absolute atomic E-state index is 0.0754. The van der Waals surface area contributed by atoms with Gasteiger partial charge in [-0.25, -0.2) is 4.79 Å². The minimum atomic E-state index is -1.65. The second-order valence-corrected chi connectivity index (χ2v) is 11.3. The van der Waals surface area contributed by atoms with Gasteiger partial charge < -0.3 is 63.1 Å². The van der Waals surface area contributed by atoms with Crippen LogP contribution in [0, 0.1) is 0 Å². The van der Waals surface area contributed by atoms with Crippen LogP contribution >= 0.6 is 0 Å². The molecule has 5 atom stereocenters. The number of rotatable bonds is 7. The third-order valence-corrected chi connectivity index (χ3v) is 8.71. The maximum atomic E-state index is 13.7. The van der Waals surface area contributed by atoms with Crippen molar-refractivity contribution in [2.24, 2.45) is 0 Å². The van der Waals surface area contributed by atoms with Crippen molar-refractivity contribution in [3.63, 3.8) is 0 Å². The predicted octanol–water partition coefficient (Wildman–Crippen LogP) is 2.63. The summed E-state index contributed by atoms with van der Waals surface area (Å²) in [6.07, 6.45) is -5.82. The maximum Gasteiger partial charge on any atom is 0.361 e. The van der Waals surface area contributed by atoms with Gasteiger partial charge in [0, 0.05) is 34.0 Å². The highest BCUT2D eigenvalue weighted by Crippen LogP contribution is 2.46. The highest BCUT2D eigenvalue weighted by molar-refractivity contribution is 6.22. The number of hydrogen-bond donors (Lipinski definition) is 6. The zero-order valence-electron chi connectivity index (χ0n) is 25.8. The Bertz CT molecular complexity index is 2270. The Morgan fingerprint density at radius 2 is 1.46 bits per heavy atom. The normalized spacial score (nSPS) is 21.3. The first-order valence-corrected chi connectivity index (χ1v) is 14.8. The Morgan fingerprint density at radius 1 is 0.771 bits per heavy atom. The van der Waals surface area contributed by atoms with E-state index < -0.39 is 42.9 Å². The van der Waals surface area contributed by atoms with Gasteiger partial charge in [0.15, 0.2) is 34.5 Å². The monoisotopic (exact) mass is 661 g/mol. The van der Waals surface area contributed by atoms with E-state index in [0.29, 0.717) is 38.2 Å². The molecule has 1 aliphatic heterocycles. The van der Waals surface area contributed by atoms with Crippen molar-refractivity contribution >= 4 is 38.2 Å². The lowest BCUT2D eigenvalue weighted by molar-refractivity contribution is -0.277. The molecule has 0 bridgehead atoms. The lowest BCUT2D eigenvalue weighted by Gasteiger charge is -2.39. The molecule has 0 aliphatic carbocycles. The van der Waals surface area contributed by atoms with E-state index in [1.807, 2.05) is 0 Å². The van der Waals surface area contributed by atoms with Crippen molar-refractivity contribution in [2.45, 2.75) is 30.7 Å². The van der Waals surface area contributed by atoms with Crippen molar-refractivity contribution in [1.29, 1.82) is 0 Å². The molecule has 48 heavy (non-hydrogen) atoms. The lowest BCUT2D eigenvalue weighted by Crippen LogP contribution is -2.60. The first kappa shape index (κ1) is 31.4. The van der Waals surface area contributed by atoms with Gasteiger partial charge in [0.2, 0.25) is 6.29 Å². The molecule has 1 aliphatic rings. The van der Waals surface area contributed by atoms with Crippen LogP contribution in [0.1, 0.15) is 0 Å². The van der Waals surface area contributed by atoms with Gasteiger partial charge in [0.25, 0.3) is 0 Å². The van der Waals surface area contributed by atoms with E-state index in [9.17, 15) is 35.4 Å². The van der Waals surface area contributed by atoms with Crippen LogP contribution in [-0.4, -0.2) is 93.7 Å². The first-order valence-electron chi connectivity index (χ1n) is 14.8. The average molecular weight is 662 g/mol. The number of hydrogen-bond acceptors (Lipinski definition) is 13. The quantitative estimate of drug-likeness (QED) is 0.137. The Kier molecular flexibility index (Phi) is 7.69. The van der Waals surface area contributed by atoms with E-state index in [4.69, 9.17) is 28.1 Å². The zero-order chi connectivity index (χ0) is 34.0. The Labute approximate surface area is 270 Å². The summed E-state index contributed by atoms with van der Waals surface area (Å²) >= 11 is 0. The van der Waals surface area contributed by atoms with Crippen LogP contribution < -0.4 is 24.6 Å². The fourth-order valence-electron chi connectivity index (χ4n) is 6.34. The van der Waals surface area contributed by atoms with Crippen molar-refractivity contribution in [3.8, 4) is 45.6 Å². The number of ether oxygens (including phenoxy) is 5. The van der Waals surface area contributed by atoms with Crippen molar-refractivity contribution < 1.29 is 58.7 Å². The van der Waals surface area contributed by atoms with Gasteiger partial charge in [-0.3, -0.25) is 0 Å². The highest BCUT2D eigenvalue weighted by Gasteiger charge is 2.45. The summed E-state index contributed by atoms with van der Waals surface area (Å²) in [6, 6.07) is 12.7. The third kappa shape index (κ3) is 4.72. The summed E-state index contributed by atoms with van der Waals surface area (Å²) in [6.45, 7) is -0.628. The molecule has 3 aromatic carbocycles. The number of pyridine rings is 1. The maximum absolute atomic E-state index is 13.7. The molecule has 4 heterocycles. The van der Waals surface area contributed by atoms with E-state index in [1.54, 1.807) is 53.1 Å². The summed E-state index contributed by atoms with van der Waals surface area (Å²) in [4.78, 5) is 13.7. The van der Waals surface area contributed by atoms with Gasteiger partial charge in [-0.05, 0) is 47.3 Å². The summed E-state index contributed by atoms with van der Waals surface area (Å²) in [5.74, 6) is 0.335. The number of phenols is 2. The van der Waals surface area contributed by atoms with Crippen LogP contribution in [0.3, 0.4) is 0 Å². The molecule has 0 radical (unpaired) electrons. The second-order valence-electron chi connectivity index (χ2n) is 11.3. The van der Waals surface area contributed by atoms with Gasteiger partial charge in [0.1, 0.15) is 35.5 Å². The molecule has 0 unspecified atom stereocenters. The Hall–Kier alpha value is -5.25. The molecular weight excluding hydrogens is 630 g/mol. The van der Waals surface area contributed by atoms with Crippen LogP contribution in [-0.2, 0) is 4.74 Å². The minimum Gasteiger partial charge on any atom is -0.504 e. The molecule has 1 fully saturated rings. The fourth-order valence-corrected chi connectivity index (χ4v) is 6.34. The van der Waals surface area contributed by atoms with Gasteiger partial charge >= 0.3 is 5.63 Å². The van der Waals surface area contributed by atoms with Crippen LogP contribution in [0.15, 0.2) is 63.9 Å². The molecule has 7 rings (SSSR count). The zero-order valence-corrected chi connectivity index (χ0v) is 25.8. The standard InChI is InChI=1S/C34H31NO13/c1-43-22-10-16-14(8-18(22)37)6-7-35-28(16)26(27-17-11-23(44-2)19(38)12-21(17)46-33(42)29(27)35)15-4-5-20(24(9-15)45-3)47-34-32(41)31(40)30(39)25(13-36)48-34/h4-12,25,30-32,34,36-41H,13H2,1-3H3/t25-,30-,31+,32-,34-/m1/s1. The van der Waals surface area contributed by atoms with Gasteiger partial charge in [-0.1, -0.05) is 6.07 Å². The molecule has 14 nitrogen and oxygen atoms in total. The SMILES string of the molecule is COc1cc2c(cc1O)oc(=O)c1c2c(-c2ccc(O[C@@H]3O[C@H](CO)[C@@H](O)[C@H](O)[C@H]3O)c(OC)c2)c2c3cc(OC)c(O)cc3ccn21. The molecule has 0 saturated carbocycles. The van der Waals surface area contributed by atoms with E-state index in [0.717, 1.165) is 0 Å². The number of nitrogens with zero attached hydrogens (tertiary/aromatic N) is 1. The Balaban J connectivity index is 1.52. The number of aromatic hydroxyl groups is 2. The number of aliphatic hydroxyl groups excluding tert-OH is 4. The van der Waals surface area contributed by atoms with E-state index >= 15 is 0 Å². The number of phenolic OH excluding ortho intramolecular Hbond substituents is 2. The second kappa shape index (κ2) is 11.8. The molecule has 0 amide bonds. The van der Waals surface area contributed by atoms with Crippen LogP contribution in [0.4, 0.5) is 0 Å². The van der Waals surface area contributed by atoms with Gasteiger partial charge in [-0.15, -0.1) is 0 Å². The van der Waals surface area contributed by atoms with Crippen LogP contribution in [0.2, 0.25) is 0 Å². The average Bonchev–Trinajstić information content (AvgIpc) is 3.44. The number of methoxy groups -OCH3 is 3. The van der Waals surface area contributed by atoms with E-state index in [2.05, 4.69) is 0 Å². The molecule has 3 aromatic heterocycles. The summed E-state index contributed by atoms with van der Waals surface area (Å²) in [5.41, 5.74) is 1.26. The van der Waals surface area contributed by atoms with Crippen molar-refractivity contribution in [2.75, 3.05) is 27.9 Å². The molecule has 6 aromatic rings. The Morgan fingerprint density at radius 3 is 2.15 bits per heavy atom. The molecule has 6 N–H and O–H groups in total. The molecule has 14 heteroatoms. The predicted molar refractivity (Wildman–Crippen MR) is 171 cm³/mol. The third-order valence-electron chi connectivity index (χ3n) is 8.71. The van der Waals surface area contributed by atoms with E-state index in [1.165, 1.54) is 27.4 Å². The molecule has 1 saturated heterocycles. The summed E-state index contributed by atoms with van der Waals surface area (Å²) in [7, 11) is 4.23. The summed E-state index contributed by atoms with van der Waals surface area (Å²) in [5, 5.41) is 63.8. The lowest BCUT2D eigenvalue weighted by atomic mass is 9.97. The topological polar surface area (TPSA) is 202 Å². The number of benzene rings is 3. The largest absolute Gasteiger partial charge is 0.504 e. The van der Waals surface area contributed by atoms with Crippen LogP contribution in [0.5, 0.6) is 34.5 Å². The van der Waals surface area contributed by atoms with Gasteiger partial charge in [-0.2, -0.15) is 0 Å². The fraction of sp³-hybridized carbons (Fsp3) is 0.265. The first-order chi connectivity index (χ1) is 23.1. The molecule has 250 valence electrons. The highest BCUT2D eigenvalue weighted by atomic mass is 16.7. The van der Waals surface area contributed by atoms with Crippen LogP contribution in [0.25, 0.3) is 49.3 Å². The summed E-state index contributed by atoms with van der Waals surface area (Å²) < 4.78 is 35.3. The van der Waals surface area contributed by atoms with E-state index in [-0.39, 0.29) is 45.6 Å². The van der Waals surface area contributed by atoms with Crippen molar-refractivity contribution in [3.05, 3.63) is 65.1 Å². The number of aromatic nitrogens is 1. The number of fused-ring (bicyclic) bond motifs is 7. The molecule has 0 spiro atoms. The van der Waals surface area contributed by atoms with Crippen molar-refractivity contribution in [1.82, 2.24) is 4.40 Å². The molecular formula is C34H31NO13.